The molecule has 3 unspecified atom stereocenters. The first-order chi connectivity index (χ1) is 13.1. The van der Waals surface area contributed by atoms with E-state index in [9.17, 15) is 19.8 Å². The predicted molar refractivity (Wildman–Crippen MR) is 95.2 cm³/mol. The third-order valence-corrected chi connectivity index (χ3v) is 4.33. The van der Waals surface area contributed by atoms with Crippen molar-refractivity contribution in [2.45, 2.75) is 24.9 Å². The number of carbonyl (C=O) groups is 2. The number of aliphatic hydroxyl groups is 2. The Morgan fingerprint density at radius 1 is 1.33 bits per heavy atom. The fourth-order valence-corrected chi connectivity index (χ4v) is 3.00. The SMILES string of the molecule is O=C(N=C1N=CN=C2C1=NC(=O)N2C1CC(O)C(CO)O1)c1ccccc1. The molecule has 1 aromatic carbocycles. The van der Waals surface area contributed by atoms with Gasteiger partial charge in [0, 0.05) is 12.0 Å². The highest BCUT2D eigenvalue weighted by atomic mass is 16.5. The summed E-state index contributed by atoms with van der Waals surface area (Å²) in [5.41, 5.74) is 0.441. The molecule has 0 aliphatic carbocycles. The molecule has 3 amide bonds. The monoisotopic (exact) mass is 369 g/mol. The van der Waals surface area contributed by atoms with E-state index in [-0.39, 0.29) is 30.4 Å². The van der Waals surface area contributed by atoms with Crippen LogP contribution in [-0.4, -0.2) is 75.8 Å². The van der Waals surface area contributed by atoms with Gasteiger partial charge in [-0.2, -0.15) is 9.98 Å². The first kappa shape index (κ1) is 17.3. The first-order valence-electron chi connectivity index (χ1n) is 8.24. The van der Waals surface area contributed by atoms with Gasteiger partial charge in [-0.1, -0.05) is 18.2 Å². The van der Waals surface area contributed by atoms with Crippen molar-refractivity contribution in [1.29, 1.82) is 0 Å². The van der Waals surface area contributed by atoms with Gasteiger partial charge in [0.25, 0.3) is 5.91 Å². The van der Waals surface area contributed by atoms with Crippen LogP contribution in [0.5, 0.6) is 0 Å². The second-order valence-corrected chi connectivity index (χ2v) is 6.03. The second-order valence-electron chi connectivity index (χ2n) is 6.03. The average Bonchev–Trinajstić information content (AvgIpc) is 3.21. The molecule has 0 bridgehead atoms. The molecule has 3 atom stereocenters. The van der Waals surface area contributed by atoms with Crippen LogP contribution in [0.4, 0.5) is 4.79 Å². The van der Waals surface area contributed by atoms with E-state index in [1.807, 2.05) is 0 Å². The number of hydrogen-bond acceptors (Lipinski definition) is 6. The van der Waals surface area contributed by atoms with Crippen molar-refractivity contribution in [1.82, 2.24) is 4.90 Å². The van der Waals surface area contributed by atoms with Crippen LogP contribution in [0.15, 0.2) is 50.3 Å². The lowest BCUT2D eigenvalue weighted by molar-refractivity contribution is -0.0471. The van der Waals surface area contributed by atoms with Crippen LogP contribution in [0.2, 0.25) is 0 Å². The largest absolute Gasteiger partial charge is 0.394 e. The summed E-state index contributed by atoms with van der Waals surface area (Å²) < 4.78 is 5.51. The van der Waals surface area contributed by atoms with Crippen molar-refractivity contribution >= 4 is 35.7 Å². The second kappa shape index (κ2) is 6.91. The Morgan fingerprint density at radius 2 is 2.11 bits per heavy atom. The molecular formula is C17H15N5O5. The maximum Gasteiger partial charge on any atom is 0.352 e. The number of ether oxygens (including phenoxy) is 1. The first-order valence-corrected chi connectivity index (χ1v) is 8.24. The molecule has 3 heterocycles. The van der Waals surface area contributed by atoms with Crippen LogP contribution in [0.1, 0.15) is 16.8 Å². The number of fused-ring (bicyclic) bond motifs is 1. The van der Waals surface area contributed by atoms with Crippen molar-refractivity contribution in [2.75, 3.05) is 6.61 Å². The van der Waals surface area contributed by atoms with E-state index >= 15 is 0 Å². The summed E-state index contributed by atoms with van der Waals surface area (Å²) in [5.74, 6) is -0.405. The molecular weight excluding hydrogens is 354 g/mol. The minimum absolute atomic E-state index is 0.0260. The Morgan fingerprint density at radius 3 is 2.81 bits per heavy atom. The van der Waals surface area contributed by atoms with E-state index in [1.54, 1.807) is 30.3 Å². The summed E-state index contributed by atoms with van der Waals surface area (Å²) in [5, 5.41) is 19.1. The van der Waals surface area contributed by atoms with E-state index in [0.717, 1.165) is 0 Å². The number of aliphatic imine (C=N–C) groups is 4. The highest BCUT2D eigenvalue weighted by Crippen LogP contribution is 2.27. The lowest BCUT2D eigenvalue weighted by atomic mass is 10.2. The zero-order valence-electron chi connectivity index (χ0n) is 14.0. The molecule has 2 N–H and O–H groups in total. The highest BCUT2D eigenvalue weighted by molar-refractivity contribution is 6.73. The van der Waals surface area contributed by atoms with Gasteiger partial charge in [0.2, 0.25) is 0 Å². The fourth-order valence-electron chi connectivity index (χ4n) is 3.00. The molecule has 1 fully saturated rings. The number of rotatable bonds is 3. The molecule has 0 aromatic heterocycles. The van der Waals surface area contributed by atoms with Crippen LogP contribution in [-0.2, 0) is 4.74 Å². The number of nitrogens with zero attached hydrogens (tertiary/aromatic N) is 5. The van der Waals surface area contributed by atoms with E-state index in [4.69, 9.17) is 4.74 Å². The van der Waals surface area contributed by atoms with E-state index in [0.29, 0.717) is 5.56 Å². The number of benzene rings is 1. The fraction of sp³-hybridized carbons (Fsp3) is 0.294. The zero-order valence-corrected chi connectivity index (χ0v) is 14.0. The van der Waals surface area contributed by atoms with Crippen molar-refractivity contribution in [2.24, 2.45) is 20.0 Å². The summed E-state index contributed by atoms with van der Waals surface area (Å²) in [6.07, 6.45) is -1.26. The standard InChI is InChI=1S/C17H15N5O5/c23-7-11-10(24)6-12(27-11)22-15-13(20-17(22)26)14(18-8-19-15)21-16(25)9-4-2-1-3-5-9/h1-5,8,10-12,23-24H,6-7H2. The van der Waals surface area contributed by atoms with Crippen LogP contribution in [0.25, 0.3) is 0 Å². The molecule has 3 aliphatic rings. The summed E-state index contributed by atoms with van der Waals surface area (Å²) in [6, 6.07) is 7.77. The molecule has 10 heteroatoms. The summed E-state index contributed by atoms with van der Waals surface area (Å²) in [4.78, 5) is 41.7. The third-order valence-electron chi connectivity index (χ3n) is 4.33. The average molecular weight is 369 g/mol. The summed E-state index contributed by atoms with van der Waals surface area (Å²) in [7, 11) is 0. The van der Waals surface area contributed by atoms with E-state index < -0.39 is 30.4 Å². The van der Waals surface area contributed by atoms with Gasteiger partial charge in [0.05, 0.1) is 12.7 Å². The van der Waals surface area contributed by atoms with Crippen LogP contribution in [0.3, 0.4) is 0 Å². The summed E-state index contributed by atoms with van der Waals surface area (Å²) in [6.45, 7) is -0.375. The van der Waals surface area contributed by atoms with Gasteiger partial charge in [-0.25, -0.2) is 19.7 Å². The Balaban J connectivity index is 1.60. The van der Waals surface area contributed by atoms with Gasteiger partial charge in [0.1, 0.15) is 18.7 Å². The Hall–Kier alpha value is -3.08. The molecule has 1 saturated heterocycles. The third kappa shape index (κ3) is 3.10. The van der Waals surface area contributed by atoms with Gasteiger partial charge in [-0.3, -0.25) is 4.79 Å². The van der Waals surface area contributed by atoms with Gasteiger partial charge in [0.15, 0.2) is 17.4 Å². The smallest absolute Gasteiger partial charge is 0.352 e. The lowest BCUT2D eigenvalue weighted by Crippen LogP contribution is -2.44. The minimum atomic E-state index is -0.914. The number of hydrogen-bond donors (Lipinski definition) is 2. The molecule has 3 aliphatic heterocycles. The molecule has 1 aromatic rings. The normalized spacial score (nSPS) is 28.4. The van der Waals surface area contributed by atoms with Gasteiger partial charge < -0.3 is 14.9 Å². The van der Waals surface area contributed by atoms with Gasteiger partial charge >= 0.3 is 6.03 Å². The van der Waals surface area contributed by atoms with Crippen molar-refractivity contribution in [3.05, 3.63) is 35.9 Å². The highest BCUT2D eigenvalue weighted by Gasteiger charge is 2.45. The predicted octanol–water partition coefficient (Wildman–Crippen LogP) is 0.0105. The van der Waals surface area contributed by atoms with Gasteiger partial charge in [-0.05, 0) is 12.1 Å². The molecule has 4 rings (SSSR count). The van der Waals surface area contributed by atoms with Gasteiger partial charge in [-0.15, -0.1) is 0 Å². The molecule has 0 saturated carbocycles. The molecule has 27 heavy (non-hydrogen) atoms. The van der Waals surface area contributed by atoms with E-state index in [1.165, 1.54) is 11.2 Å². The quantitative estimate of drug-likeness (QED) is 0.773. The number of urea groups is 1. The molecule has 138 valence electrons. The molecule has 0 spiro atoms. The molecule has 0 radical (unpaired) electrons. The Labute approximate surface area is 153 Å². The summed E-state index contributed by atoms with van der Waals surface area (Å²) >= 11 is 0. The number of amidine groups is 2. The lowest BCUT2D eigenvalue weighted by Gasteiger charge is -2.23. The molecule has 10 nitrogen and oxygen atoms in total. The Bertz CT molecular complexity index is 908. The topological polar surface area (TPSA) is 137 Å². The van der Waals surface area contributed by atoms with Crippen molar-refractivity contribution in [3.8, 4) is 0 Å². The zero-order chi connectivity index (χ0) is 19.0. The minimum Gasteiger partial charge on any atom is -0.394 e. The maximum absolute atomic E-state index is 12.4. The van der Waals surface area contributed by atoms with Crippen molar-refractivity contribution < 1.29 is 24.5 Å². The maximum atomic E-state index is 12.4. The van der Waals surface area contributed by atoms with Crippen LogP contribution >= 0.6 is 0 Å². The number of aliphatic hydroxyl groups excluding tert-OH is 2. The van der Waals surface area contributed by atoms with Crippen molar-refractivity contribution in [3.63, 3.8) is 0 Å². The van der Waals surface area contributed by atoms with E-state index in [2.05, 4.69) is 20.0 Å². The Kier molecular flexibility index (Phi) is 4.44. The number of carbonyl (C=O) groups excluding carboxylic acids is 2. The number of amides is 3. The van der Waals surface area contributed by atoms with Crippen LogP contribution in [0, 0.1) is 0 Å². The van der Waals surface area contributed by atoms with Crippen LogP contribution < -0.4 is 0 Å².